The Morgan fingerprint density at radius 2 is 2.29 bits per heavy atom. The van der Waals surface area contributed by atoms with Crippen LogP contribution in [0.3, 0.4) is 0 Å². The zero-order valence-corrected chi connectivity index (χ0v) is 14.5. The monoisotopic (exact) mass is 329 g/mol. The maximum absolute atomic E-state index is 12.0. The van der Waals surface area contributed by atoms with E-state index >= 15 is 0 Å². The molecule has 0 saturated carbocycles. The first-order valence-corrected chi connectivity index (χ1v) is 8.89. The lowest BCUT2D eigenvalue weighted by Crippen LogP contribution is -2.46. The number of aromatic amines is 1. The summed E-state index contributed by atoms with van der Waals surface area (Å²) in [7, 11) is 0. The average Bonchev–Trinajstić information content (AvgIpc) is 2.91. The number of fused-ring (bicyclic) bond motifs is 3. The normalized spacial score (nSPS) is 18.2. The van der Waals surface area contributed by atoms with Crippen LogP contribution in [-0.2, 0) is 12.8 Å². The molecule has 1 aliphatic carbocycles. The van der Waals surface area contributed by atoms with E-state index in [4.69, 9.17) is 0 Å². The Bertz CT molecular complexity index is 723. The Kier molecular flexibility index (Phi) is 5.09. The highest BCUT2D eigenvalue weighted by molar-refractivity contribution is 5.86. The molecule has 2 aromatic rings. The number of hydrogen-bond acceptors (Lipinski definition) is 2. The standard InChI is InChI=1S/C19H27N3O2/c1-3-4-14(23)11-20-19(24)21-13-6-8-18-16(10-13)15-9-12(2)5-7-17(15)22-18/h5,7,9,13-14,22-23H,3-4,6,8,10-11H2,1-2H3,(H2,20,21,24). The van der Waals surface area contributed by atoms with Gasteiger partial charge in [0.05, 0.1) is 6.10 Å². The van der Waals surface area contributed by atoms with Crippen LogP contribution in [0.15, 0.2) is 18.2 Å². The summed E-state index contributed by atoms with van der Waals surface area (Å²) in [5, 5.41) is 16.8. The molecule has 2 unspecified atom stereocenters. The number of aromatic nitrogens is 1. The number of amides is 2. The lowest BCUT2D eigenvalue weighted by Gasteiger charge is -2.24. The van der Waals surface area contributed by atoms with Crippen molar-refractivity contribution in [2.45, 2.75) is 58.1 Å². The van der Waals surface area contributed by atoms with E-state index in [2.05, 4.69) is 40.7 Å². The summed E-state index contributed by atoms with van der Waals surface area (Å²) in [5.41, 5.74) is 5.06. The maximum atomic E-state index is 12.0. The van der Waals surface area contributed by atoms with E-state index in [1.54, 1.807) is 0 Å². The molecule has 0 saturated heterocycles. The summed E-state index contributed by atoms with van der Waals surface area (Å²) in [6, 6.07) is 6.42. The van der Waals surface area contributed by atoms with E-state index in [9.17, 15) is 9.90 Å². The number of rotatable bonds is 5. The van der Waals surface area contributed by atoms with Crippen molar-refractivity contribution in [1.29, 1.82) is 0 Å². The fraction of sp³-hybridized carbons (Fsp3) is 0.526. The molecular weight excluding hydrogens is 302 g/mol. The molecule has 130 valence electrons. The van der Waals surface area contributed by atoms with Gasteiger partial charge in [0, 0.05) is 29.2 Å². The Morgan fingerprint density at radius 1 is 1.46 bits per heavy atom. The van der Waals surface area contributed by atoms with Crippen LogP contribution in [0.5, 0.6) is 0 Å². The van der Waals surface area contributed by atoms with Gasteiger partial charge in [-0.15, -0.1) is 0 Å². The van der Waals surface area contributed by atoms with Crippen molar-refractivity contribution in [3.05, 3.63) is 35.0 Å². The van der Waals surface area contributed by atoms with Gasteiger partial charge in [0.1, 0.15) is 0 Å². The van der Waals surface area contributed by atoms with Crippen molar-refractivity contribution >= 4 is 16.9 Å². The van der Waals surface area contributed by atoms with E-state index in [-0.39, 0.29) is 12.1 Å². The minimum absolute atomic E-state index is 0.139. The average molecular weight is 329 g/mol. The molecule has 2 atom stereocenters. The van der Waals surface area contributed by atoms with Gasteiger partial charge in [-0.05, 0) is 50.3 Å². The molecule has 1 aromatic heterocycles. The summed E-state index contributed by atoms with van der Waals surface area (Å²) in [6.07, 6.45) is 3.90. The second-order valence-electron chi connectivity index (χ2n) is 6.87. The maximum Gasteiger partial charge on any atom is 0.315 e. The van der Waals surface area contributed by atoms with Crippen LogP contribution < -0.4 is 10.6 Å². The smallest absolute Gasteiger partial charge is 0.315 e. The molecular formula is C19H27N3O2. The number of nitrogens with one attached hydrogen (secondary N) is 3. The zero-order valence-electron chi connectivity index (χ0n) is 14.5. The molecule has 24 heavy (non-hydrogen) atoms. The molecule has 1 aliphatic rings. The Morgan fingerprint density at radius 3 is 3.08 bits per heavy atom. The molecule has 0 radical (unpaired) electrons. The molecule has 4 N–H and O–H groups in total. The predicted molar refractivity (Wildman–Crippen MR) is 96.3 cm³/mol. The number of benzene rings is 1. The molecule has 0 fully saturated rings. The van der Waals surface area contributed by atoms with Crippen molar-refractivity contribution in [1.82, 2.24) is 15.6 Å². The van der Waals surface area contributed by atoms with Gasteiger partial charge < -0.3 is 20.7 Å². The highest BCUT2D eigenvalue weighted by atomic mass is 16.3. The number of urea groups is 1. The molecule has 3 rings (SSSR count). The van der Waals surface area contributed by atoms with Crippen LogP contribution in [0.4, 0.5) is 4.79 Å². The SMILES string of the molecule is CCCC(O)CNC(=O)NC1CCc2[nH]c3ccc(C)cc3c2C1. The van der Waals surface area contributed by atoms with Crippen LogP contribution in [0.25, 0.3) is 10.9 Å². The highest BCUT2D eigenvalue weighted by Gasteiger charge is 2.23. The second kappa shape index (κ2) is 7.26. The molecule has 5 nitrogen and oxygen atoms in total. The van der Waals surface area contributed by atoms with Crippen LogP contribution >= 0.6 is 0 Å². The van der Waals surface area contributed by atoms with E-state index in [1.165, 1.54) is 27.7 Å². The van der Waals surface area contributed by atoms with E-state index in [1.807, 2.05) is 6.92 Å². The summed E-state index contributed by atoms with van der Waals surface area (Å²) < 4.78 is 0. The Labute approximate surface area is 142 Å². The molecule has 0 aliphatic heterocycles. The van der Waals surface area contributed by atoms with Crippen molar-refractivity contribution < 1.29 is 9.90 Å². The Hall–Kier alpha value is -2.01. The number of aliphatic hydroxyl groups excluding tert-OH is 1. The Balaban J connectivity index is 1.61. The number of aryl methyl sites for hydroxylation is 2. The molecule has 1 aromatic carbocycles. The van der Waals surface area contributed by atoms with Gasteiger partial charge in [0.15, 0.2) is 0 Å². The van der Waals surface area contributed by atoms with E-state index in [0.717, 1.165) is 25.7 Å². The van der Waals surface area contributed by atoms with E-state index < -0.39 is 6.10 Å². The van der Waals surface area contributed by atoms with Gasteiger partial charge in [-0.1, -0.05) is 25.0 Å². The molecule has 1 heterocycles. The second-order valence-corrected chi connectivity index (χ2v) is 6.87. The van der Waals surface area contributed by atoms with Gasteiger partial charge in [0.2, 0.25) is 0 Å². The van der Waals surface area contributed by atoms with Crippen molar-refractivity contribution in [2.75, 3.05) is 6.54 Å². The largest absolute Gasteiger partial charge is 0.391 e. The quantitative estimate of drug-likeness (QED) is 0.681. The van der Waals surface area contributed by atoms with Gasteiger partial charge >= 0.3 is 6.03 Å². The van der Waals surface area contributed by atoms with Crippen molar-refractivity contribution in [2.24, 2.45) is 0 Å². The number of hydrogen-bond donors (Lipinski definition) is 4. The number of carbonyl (C=O) groups excluding carboxylic acids is 1. The minimum atomic E-state index is -0.463. The third kappa shape index (κ3) is 3.73. The van der Waals surface area contributed by atoms with Crippen LogP contribution in [-0.4, -0.2) is 34.8 Å². The first-order chi connectivity index (χ1) is 11.6. The van der Waals surface area contributed by atoms with Gasteiger partial charge in [-0.2, -0.15) is 0 Å². The summed E-state index contributed by atoms with van der Waals surface area (Å²) >= 11 is 0. The van der Waals surface area contributed by atoms with Crippen molar-refractivity contribution in [3.8, 4) is 0 Å². The van der Waals surface area contributed by atoms with Crippen LogP contribution in [0, 0.1) is 6.92 Å². The molecule has 5 heteroatoms. The van der Waals surface area contributed by atoms with Gasteiger partial charge in [0.25, 0.3) is 0 Å². The number of H-pyrrole nitrogens is 1. The zero-order chi connectivity index (χ0) is 17.1. The third-order valence-corrected chi connectivity index (χ3v) is 4.80. The fourth-order valence-electron chi connectivity index (χ4n) is 3.54. The number of aliphatic hydroxyl groups is 1. The predicted octanol–water partition coefficient (Wildman–Crippen LogP) is 2.79. The number of carbonyl (C=O) groups is 1. The van der Waals surface area contributed by atoms with Crippen molar-refractivity contribution in [3.63, 3.8) is 0 Å². The lowest BCUT2D eigenvalue weighted by molar-refractivity contribution is 0.159. The first kappa shape index (κ1) is 16.8. The highest BCUT2D eigenvalue weighted by Crippen LogP contribution is 2.29. The van der Waals surface area contributed by atoms with Crippen LogP contribution in [0.2, 0.25) is 0 Å². The van der Waals surface area contributed by atoms with Gasteiger partial charge in [-0.25, -0.2) is 4.79 Å². The summed E-state index contributed by atoms with van der Waals surface area (Å²) in [5.74, 6) is 0. The fourth-order valence-corrected chi connectivity index (χ4v) is 3.54. The lowest BCUT2D eigenvalue weighted by atomic mass is 9.91. The molecule has 0 spiro atoms. The minimum Gasteiger partial charge on any atom is -0.391 e. The van der Waals surface area contributed by atoms with E-state index in [0.29, 0.717) is 13.0 Å². The molecule has 2 amide bonds. The van der Waals surface area contributed by atoms with Crippen LogP contribution in [0.1, 0.15) is 43.0 Å². The third-order valence-electron chi connectivity index (χ3n) is 4.80. The van der Waals surface area contributed by atoms with Gasteiger partial charge in [-0.3, -0.25) is 0 Å². The molecule has 0 bridgehead atoms. The summed E-state index contributed by atoms with van der Waals surface area (Å²) in [6.45, 7) is 4.43. The topological polar surface area (TPSA) is 77.2 Å². The first-order valence-electron chi connectivity index (χ1n) is 8.89. The summed E-state index contributed by atoms with van der Waals surface area (Å²) in [4.78, 5) is 15.6.